The quantitative estimate of drug-likeness (QED) is 0.566. The molecule has 0 saturated heterocycles. The van der Waals surface area contributed by atoms with Crippen molar-refractivity contribution in [3.05, 3.63) is 28.5 Å². The number of carboxylic acid groups (broad SMARTS) is 1. The third-order valence-corrected chi connectivity index (χ3v) is 6.33. The third kappa shape index (κ3) is 3.90. The number of carbonyl (C=O) groups excluding carboxylic acids is 1. The number of nitrogens with zero attached hydrogens (tertiary/aromatic N) is 1. The molecule has 7 heteroatoms. The highest BCUT2D eigenvalue weighted by Gasteiger charge is 2.29. The van der Waals surface area contributed by atoms with Crippen LogP contribution in [-0.4, -0.2) is 34.4 Å². The summed E-state index contributed by atoms with van der Waals surface area (Å²) in [7, 11) is 0.495. The van der Waals surface area contributed by atoms with E-state index in [0.29, 0.717) is 0 Å². The summed E-state index contributed by atoms with van der Waals surface area (Å²) in [5, 5.41) is 16.2. The van der Waals surface area contributed by atoms with Crippen LogP contribution in [0.3, 0.4) is 0 Å². The maximum Gasteiger partial charge on any atom is 0.354 e. The van der Waals surface area contributed by atoms with Crippen molar-refractivity contribution in [2.75, 3.05) is 7.05 Å². The average Bonchev–Trinajstić information content (AvgIpc) is 2.95. The molecule has 3 N–H and O–H groups in total. The molecule has 0 saturated carbocycles. The lowest BCUT2D eigenvalue weighted by molar-refractivity contribution is 0.0690. The van der Waals surface area contributed by atoms with Crippen molar-refractivity contribution in [1.29, 1.82) is 0 Å². The van der Waals surface area contributed by atoms with Gasteiger partial charge in [0.15, 0.2) is 0 Å². The van der Waals surface area contributed by atoms with Gasteiger partial charge in [-0.15, -0.1) is 10.9 Å². The minimum atomic E-state index is -1.28. The predicted octanol–water partition coefficient (Wildman–Crippen LogP) is 3.35. The SMILES string of the molecule is CCCCC(CC)NC(=O)[SH]1C(NC)=Cc2cnc(C(=O)O)cc21. The Morgan fingerprint density at radius 3 is 2.71 bits per heavy atom. The van der Waals surface area contributed by atoms with E-state index in [1.165, 1.54) is 12.3 Å². The van der Waals surface area contributed by atoms with Crippen molar-refractivity contribution in [3.8, 4) is 0 Å². The minimum absolute atomic E-state index is 0.0298. The molecule has 6 nitrogen and oxygen atoms in total. The molecule has 0 bridgehead atoms. The number of hydrogen-bond donors (Lipinski definition) is 4. The van der Waals surface area contributed by atoms with E-state index < -0.39 is 16.9 Å². The number of thiol groups is 1. The molecule has 1 aromatic rings. The van der Waals surface area contributed by atoms with Gasteiger partial charge in [-0.1, -0.05) is 26.7 Å². The molecular weight excluding hydrogens is 326 g/mol. The van der Waals surface area contributed by atoms with Gasteiger partial charge in [-0.2, -0.15) is 0 Å². The molecule has 24 heavy (non-hydrogen) atoms. The zero-order chi connectivity index (χ0) is 17.7. The first kappa shape index (κ1) is 18.3. The van der Waals surface area contributed by atoms with E-state index in [2.05, 4.69) is 29.5 Å². The number of aromatic nitrogens is 1. The highest BCUT2D eigenvalue weighted by atomic mass is 32.2. The van der Waals surface area contributed by atoms with E-state index in [0.717, 1.165) is 41.2 Å². The second-order valence-corrected chi connectivity index (χ2v) is 7.79. The predicted molar refractivity (Wildman–Crippen MR) is 97.6 cm³/mol. The van der Waals surface area contributed by atoms with Crippen LogP contribution in [0.5, 0.6) is 0 Å². The van der Waals surface area contributed by atoms with E-state index in [4.69, 9.17) is 5.11 Å². The number of amides is 1. The molecular formula is C17H25N3O3S. The fourth-order valence-electron chi connectivity index (χ4n) is 2.69. The van der Waals surface area contributed by atoms with Gasteiger partial charge in [-0.05, 0) is 25.0 Å². The Hall–Kier alpha value is -2.02. The third-order valence-electron chi connectivity index (χ3n) is 4.09. The Kier molecular flexibility index (Phi) is 6.25. The van der Waals surface area contributed by atoms with Gasteiger partial charge < -0.3 is 15.7 Å². The lowest BCUT2D eigenvalue weighted by atomic mass is 10.1. The first-order valence-electron chi connectivity index (χ1n) is 8.25. The zero-order valence-corrected chi connectivity index (χ0v) is 15.2. The molecule has 0 fully saturated rings. The van der Waals surface area contributed by atoms with Gasteiger partial charge in [0.1, 0.15) is 5.69 Å². The number of carbonyl (C=O) groups is 2. The van der Waals surface area contributed by atoms with Crippen LogP contribution >= 0.6 is 10.9 Å². The largest absolute Gasteiger partial charge is 0.477 e. The molecule has 2 unspecified atom stereocenters. The van der Waals surface area contributed by atoms with E-state index in [9.17, 15) is 9.59 Å². The van der Waals surface area contributed by atoms with Gasteiger partial charge >= 0.3 is 5.97 Å². The topological polar surface area (TPSA) is 91.3 Å². The molecule has 1 aliphatic rings. The summed E-state index contributed by atoms with van der Waals surface area (Å²) in [5.74, 6) is -1.08. The normalized spacial score (nSPS) is 18.5. The molecule has 2 rings (SSSR count). The molecule has 0 radical (unpaired) electrons. The molecule has 1 amide bonds. The number of pyridine rings is 1. The fraction of sp³-hybridized carbons (Fsp3) is 0.471. The number of carboxylic acids is 1. The monoisotopic (exact) mass is 351 g/mol. The van der Waals surface area contributed by atoms with E-state index >= 15 is 0 Å². The van der Waals surface area contributed by atoms with Crippen molar-refractivity contribution in [3.63, 3.8) is 0 Å². The van der Waals surface area contributed by atoms with Gasteiger partial charge in [0.25, 0.3) is 5.24 Å². The maximum absolute atomic E-state index is 12.9. The summed E-state index contributed by atoms with van der Waals surface area (Å²) in [4.78, 5) is 28.7. The first-order chi connectivity index (χ1) is 11.5. The summed E-state index contributed by atoms with van der Waals surface area (Å²) < 4.78 is 0. The summed E-state index contributed by atoms with van der Waals surface area (Å²) >= 11 is 0. The smallest absolute Gasteiger partial charge is 0.354 e. The molecule has 0 aromatic carbocycles. The van der Waals surface area contributed by atoms with Gasteiger partial charge in [0.05, 0.1) is 5.03 Å². The van der Waals surface area contributed by atoms with Gasteiger partial charge in [0.2, 0.25) is 0 Å². The molecule has 0 aliphatic carbocycles. The van der Waals surface area contributed by atoms with Crippen LogP contribution in [0, 0.1) is 0 Å². The summed E-state index contributed by atoms with van der Waals surface area (Å²) in [5.41, 5.74) is 0.782. The molecule has 2 heterocycles. The van der Waals surface area contributed by atoms with Crippen molar-refractivity contribution >= 4 is 28.2 Å². The van der Waals surface area contributed by atoms with Crippen LogP contribution in [0.25, 0.3) is 6.08 Å². The Morgan fingerprint density at radius 1 is 1.38 bits per heavy atom. The Morgan fingerprint density at radius 2 is 2.12 bits per heavy atom. The molecule has 132 valence electrons. The van der Waals surface area contributed by atoms with E-state index in [-0.39, 0.29) is 17.0 Å². The minimum Gasteiger partial charge on any atom is -0.477 e. The van der Waals surface area contributed by atoms with Crippen molar-refractivity contribution < 1.29 is 14.7 Å². The van der Waals surface area contributed by atoms with Gasteiger partial charge in [0, 0.05) is 29.7 Å². The van der Waals surface area contributed by atoms with Crippen molar-refractivity contribution in [2.24, 2.45) is 0 Å². The Balaban J connectivity index is 2.25. The van der Waals surface area contributed by atoms with E-state index in [1.54, 1.807) is 7.05 Å². The van der Waals surface area contributed by atoms with Crippen LogP contribution in [-0.2, 0) is 0 Å². The van der Waals surface area contributed by atoms with Crippen LogP contribution < -0.4 is 10.6 Å². The van der Waals surface area contributed by atoms with Crippen molar-refractivity contribution in [2.45, 2.75) is 50.5 Å². The number of rotatable bonds is 7. The second-order valence-electron chi connectivity index (χ2n) is 5.75. The Labute approximate surface area is 145 Å². The summed E-state index contributed by atoms with van der Waals surface area (Å²) in [6.45, 7) is 4.20. The Bertz CT molecular complexity index is 660. The van der Waals surface area contributed by atoms with Crippen molar-refractivity contribution in [1.82, 2.24) is 15.6 Å². The highest BCUT2D eigenvalue weighted by molar-refractivity contribution is 8.33. The second kappa shape index (κ2) is 8.19. The average molecular weight is 351 g/mol. The summed E-state index contributed by atoms with van der Waals surface area (Å²) in [6.07, 6.45) is 7.43. The van der Waals surface area contributed by atoms with Crippen LogP contribution in [0.2, 0.25) is 0 Å². The van der Waals surface area contributed by atoms with Gasteiger partial charge in [-0.25, -0.2) is 9.78 Å². The van der Waals surface area contributed by atoms with Gasteiger partial charge in [-0.3, -0.25) is 4.79 Å². The maximum atomic E-state index is 12.9. The molecule has 1 aliphatic heterocycles. The number of nitrogens with one attached hydrogen (secondary N) is 2. The number of fused-ring (bicyclic) bond motifs is 1. The number of unbranched alkanes of at least 4 members (excludes halogenated alkanes) is 1. The van der Waals surface area contributed by atoms with Crippen LogP contribution in [0.15, 0.2) is 22.2 Å². The zero-order valence-electron chi connectivity index (χ0n) is 14.3. The molecule has 1 aromatic heterocycles. The number of hydrogen-bond acceptors (Lipinski definition) is 4. The molecule has 0 spiro atoms. The highest BCUT2D eigenvalue weighted by Crippen LogP contribution is 2.51. The standard InChI is InChI=1S/C17H25N3O3S/c1-4-6-7-12(5-2)20-17(23)24-14-9-13(16(21)22)19-10-11(14)8-15(24)18-3/h8-10,12,18,24H,4-7H2,1-3H3,(H,20,23)(H,21,22). The fourth-order valence-corrected chi connectivity index (χ4v) is 4.82. The van der Waals surface area contributed by atoms with Crippen LogP contribution in [0.4, 0.5) is 4.79 Å². The van der Waals surface area contributed by atoms with Crippen LogP contribution in [0.1, 0.15) is 55.6 Å². The molecule has 2 atom stereocenters. The van der Waals surface area contributed by atoms with E-state index in [1.807, 2.05) is 6.08 Å². The first-order valence-corrected chi connectivity index (χ1v) is 9.59. The summed E-state index contributed by atoms with van der Waals surface area (Å²) in [6, 6.07) is 1.68. The lowest BCUT2D eigenvalue weighted by Crippen LogP contribution is -2.34. The lowest BCUT2D eigenvalue weighted by Gasteiger charge is -2.24. The number of aromatic carboxylic acids is 1.